The number of hydrogen-bond acceptors (Lipinski definition) is 4. The second-order valence-corrected chi connectivity index (χ2v) is 6.84. The number of unbranched alkanes of at least 4 members (excludes halogenated alkanes) is 2. The van der Waals surface area contributed by atoms with Gasteiger partial charge in [0.2, 0.25) is 11.5 Å². The normalized spacial score (nSPS) is 11.5. The number of nitrogens with zero attached hydrogens (tertiary/aromatic N) is 3. The Morgan fingerprint density at radius 2 is 2.04 bits per heavy atom. The maximum absolute atomic E-state index is 12.7. The number of rotatable bonds is 7. The van der Waals surface area contributed by atoms with Gasteiger partial charge in [0, 0.05) is 18.0 Å². The monoisotopic (exact) mass is 355 g/mol. The van der Waals surface area contributed by atoms with Crippen molar-refractivity contribution in [2.45, 2.75) is 52.6 Å². The van der Waals surface area contributed by atoms with Crippen LogP contribution in [-0.4, -0.2) is 32.9 Å². The van der Waals surface area contributed by atoms with Gasteiger partial charge in [-0.2, -0.15) is 0 Å². The van der Waals surface area contributed by atoms with Crippen LogP contribution in [0.2, 0.25) is 0 Å². The molecule has 0 radical (unpaired) electrons. The van der Waals surface area contributed by atoms with Crippen molar-refractivity contribution in [3.8, 4) is 0 Å². The molecule has 26 heavy (non-hydrogen) atoms. The van der Waals surface area contributed by atoms with E-state index in [-0.39, 0.29) is 29.6 Å². The van der Waals surface area contributed by atoms with Crippen LogP contribution in [0.25, 0.3) is 22.1 Å². The van der Waals surface area contributed by atoms with E-state index in [1.165, 1.54) is 10.9 Å². The third kappa shape index (κ3) is 3.49. The SMILES string of the molecule is CCCCCN(C(=O)Cn1cnc2c(oc3ccccc32)c1=O)C(C)C. The molecule has 0 aliphatic carbocycles. The van der Waals surface area contributed by atoms with Crippen LogP contribution in [0.15, 0.2) is 39.8 Å². The summed E-state index contributed by atoms with van der Waals surface area (Å²) in [5.74, 6) is -0.0736. The molecule has 3 rings (SSSR count). The molecule has 1 amide bonds. The van der Waals surface area contributed by atoms with Crippen molar-refractivity contribution >= 4 is 28.0 Å². The van der Waals surface area contributed by atoms with Gasteiger partial charge in [0.25, 0.3) is 5.56 Å². The Labute approximate surface area is 152 Å². The van der Waals surface area contributed by atoms with E-state index in [1.807, 2.05) is 36.9 Å². The van der Waals surface area contributed by atoms with E-state index >= 15 is 0 Å². The van der Waals surface area contributed by atoms with Gasteiger partial charge in [0.05, 0.1) is 6.33 Å². The van der Waals surface area contributed by atoms with Crippen LogP contribution < -0.4 is 5.56 Å². The van der Waals surface area contributed by atoms with Crippen LogP contribution in [-0.2, 0) is 11.3 Å². The number of furan rings is 1. The summed E-state index contributed by atoms with van der Waals surface area (Å²) in [6.45, 7) is 6.80. The highest BCUT2D eigenvalue weighted by Gasteiger charge is 2.19. The predicted octanol–water partition coefficient (Wildman–Crippen LogP) is 3.57. The molecule has 2 heterocycles. The van der Waals surface area contributed by atoms with Crippen LogP contribution >= 0.6 is 0 Å². The molecule has 138 valence electrons. The molecule has 0 saturated carbocycles. The van der Waals surface area contributed by atoms with Crippen LogP contribution in [0, 0.1) is 0 Å². The molecule has 0 fully saturated rings. The number of benzene rings is 1. The summed E-state index contributed by atoms with van der Waals surface area (Å²) in [7, 11) is 0. The standard InChI is InChI=1S/C20H25N3O3/c1-4-5-8-11-23(14(2)3)17(24)12-22-13-21-18-15-9-6-7-10-16(15)26-19(18)20(22)25/h6-7,9-10,13-14H,4-5,8,11-12H2,1-3H3. The highest BCUT2D eigenvalue weighted by Crippen LogP contribution is 2.24. The first-order valence-corrected chi connectivity index (χ1v) is 9.19. The van der Waals surface area contributed by atoms with Crippen molar-refractivity contribution < 1.29 is 9.21 Å². The number of carbonyl (C=O) groups excluding carboxylic acids is 1. The van der Waals surface area contributed by atoms with E-state index in [0.717, 1.165) is 24.6 Å². The Hall–Kier alpha value is -2.63. The van der Waals surface area contributed by atoms with E-state index in [0.29, 0.717) is 17.6 Å². The molecule has 0 saturated heterocycles. The van der Waals surface area contributed by atoms with Crippen molar-refractivity contribution in [1.29, 1.82) is 0 Å². The van der Waals surface area contributed by atoms with E-state index in [1.54, 1.807) is 6.07 Å². The fraction of sp³-hybridized carbons (Fsp3) is 0.450. The molecule has 0 N–H and O–H groups in total. The Balaban J connectivity index is 1.88. The Morgan fingerprint density at radius 1 is 1.27 bits per heavy atom. The average molecular weight is 355 g/mol. The lowest BCUT2D eigenvalue weighted by Gasteiger charge is -2.27. The molecule has 3 aromatic rings. The number of aromatic nitrogens is 2. The Morgan fingerprint density at radius 3 is 2.77 bits per heavy atom. The molecule has 0 aliphatic heterocycles. The zero-order valence-corrected chi connectivity index (χ0v) is 15.6. The summed E-state index contributed by atoms with van der Waals surface area (Å²) in [4.78, 5) is 31.6. The third-order valence-electron chi connectivity index (χ3n) is 4.60. The summed E-state index contributed by atoms with van der Waals surface area (Å²) >= 11 is 0. The number of carbonyl (C=O) groups is 1. The molecule has 0 atom stereocenters. The lowest BCUT2D eigenvalue weighted by atomic mass is 10.2. The minimum absolute atomic E-state index is 0.0247. The number of amides is 1. The average Bonchev–Trinajstić information content (AvgIpc) is 3.00. The summed E-state index contributed by atoms with van der Waals surface area (Å²) in [6, 6.07) is 7.50. The van der Waals surface area contributed by atoms with Crippen LogP contribution in [0.4, 0.5) is 0 Å². The fourth-order valence-corrected chi connectivity index (χ4v) is 3.17. The van der Waals surface area contributed by atoms with Gasteiger partial charge in [-0.15, -0.1) is 0 Å². The number of para-hydroxylation sites is 1. The zero-order chi connectivity index (χ0) is 18.7. The van der Waals surface area contributed by atoms with Gasteiger partial charge in [-0.3, -0.25) is 14.2 Å². The third-order valence-corrected chi connectivity index (χ3v) is 4.60. The molecule has 0 unspecified atom stereocenters. The Kier molecular flexibility index (Phi) is 5.40. The molecule has 1 aromatic carbocycles. The quantitative estimate of drug-likeness (QED) is 0.608. The lowest BCUT2D eigenvalue weighted by Crippen LogP contribution is -2.41. The largest absolute Gasteiger partial charge is 0.448 e. The molecule has 0 aliphatic rings. The van der Waals surface area contributed by atoms with Gasteiger partial charge in [-0.25, -0.2) is 4.98 Å². The molecular weight excluding hydrogens is 330 g/mol. The fourth-order valence-electron chi connectivity index (χ4n) is 3.17. The maximum atomic E-state index is 12.7. The molecule has 0 bridgehead atoms. The first-order valence-electron chi connectivity index (χ1n) is 9.19. The highest BCUT2D eigenvalue weighted by atomic mass is 16.3. The van der Waals surface area contributed by atoms with Crippen molar-refractivity contribution in [1.82, 2.24) is 14.5 Å². The van der Waals surface area contributed by atoms with Gasteiger partial charge in [-0.1, -0.05) is 31.9 Å². The van der Waals surface area contributed by atoms with Crippen LogP contribution in [0.1, 0.15) is 40.0 Å². The molecule has 2 aromatic heterocycles. The van der Waals surface area contributed by atoms with Crippen molar-refractivity contribution in [3.05, 3.63) is 40.9 Å². The number of fused-ring (bicyclic) bond motifs is 3. The van der Waals surface area contributed by atoms with E-state index in [9.17, 15) is 9.59 Å². The molecule has 6 nitrogen and oxygen atoms in total. The second kappa shape index (κ2) is 7.72. The Bertz CT molecular complexity index is 971. The maximum Gasteiger partial charge on any atom is 0.297 e. The topological polar surface area (TPSA) is 68.3 Å². The molecule has 6 heteroatoms. The van der Waals surface area contributed by atoms with Crippen molar-refractivity contribution in [2.24, 2.45) is 0 Å². The molecular formula is C20H25N3O3. The van der Waals surface area contributed by atoms with Gasteiger partial charge in [0.1, 0.15) is 17.6 Å². The second-order valence-electron chi connectivity index (χ2n) is 6.84. The van der Waals surface area contributed by atoms with E-state index in [4.69, 9.17) is 4.42 Å². The summed E-state index contributed by atoms with van der Waals surface area (Å²) < 4.78 is 7.01. The van der Waals surface area contributed by atoms with Crippen LogP contribution in [0.3, 0.4) is 0 Å². The minimum Gasteiger partial charge on any atom is -0.448 e. The lowest BCUT2D eigenvalue weighted by molar-refractivity contribution is -0.133. The van der Waals surface area contributed by atoms with Gasteiger partial charge >= 0.3 is 0 Å². The van der Waals surface area contributed by atoms with Crippen LogP contribution in [0.5, 0.6) is 0 Å². The van der Waals surface area contributed by atoms with E-state index in [2.05, 4.69) is 11.9 Å². The van der Waals surface area contributed by atoms with Crippen molar-refractivity contribution in [3.63, 3.8) is 0 Å². The van der Waals surface area contributed by atoms with E-state index < -0.39 is 0 Å². The smallest absolute Gasteiger partial charge is 0.297 e. The minimum atomic E-state index is -0.322. The first kappa shape index (κ1) is 18.2. The zero-order valence-electron chi connectivity index (χ0n) is 15.6. The summed E-state index contributed by atoms with van der Waals surface area (Å²) in [5.41, 5.74) is 1.04. The van der Waals surface area contributed by atoms with Gasteiger partial charge in [0.15, 0.2) is 0 Å². The summed E-state index contributed by atoms with van der Waals surface area (Å²) in [6.07, 6.45) is 4.60. The highest BCUT2D eigenvalue weighted by molar-refractivity contribution is 6.01. The molecule has 0 spiro atoms. The van der Waals surface area contributed by atoms with Crippen molar-refractivity contribution in [2.75, 3.05) is 6.54 Å². The predicted molar refractivity (Wildman–Crippen MR) is 102 cm³/mol. The summed E-state index contributed by atoms with van der Waals surface area (Å²) in [5, 5.41) is 0.807. The first-order chi connectivity index (χ1) is 12.5. The van der Waals surface area contributed by atoms with Gasteiger partial charge in [-0.05, 0) is 32.4 Å². The number of hydrogen-bond donors (Lipinski definition) is 0. The van der Waals surface area contributed by atoms with Gasteiger partial charge < -0.3 is 9.32 Å².